The maximum absolute atomic E-state index is 12.7. The average molecular weight is 563 g/mol. The number of nitrogen functional groups attached to an aromatic ring is 1. The number of aromatic amines is 2. The summed E-state index contributed by atoms with van der Waals surface area (Å²) in [5.41, 5.74) is 5.68. The van der Waals surface area contributed by atoms with Gasteiger partial charge < -0.3 is 25.1 Å². The van der Waals surface area contributed by atoms with Gasteiger partial charge in [0.05, 0.1) is 24.1 Å². The normalized spacial score (nSPS) is 29.1. The molecule has 4 unspecified atom stereocenters. The fourth-order valence-corrected chi connectivity index (χ4v) is 7.61. The molecule has 0 aliphatic carbocycles. The zero-order chi connectivity index (χ0) is 26.6. The zero-order valence-corrected chi connectivity index (χ0v) is 21.9. The lowest BCUT2D eigenvalue weighted by molar-refractivity contribution is -0.0335. The fourth-order valence-electron chi connectivity index (χ4n) is 5.04. The van der Waals surface area contributed by atoms with Crippen LogP contribution >= 0.6 is 16.8 Å². The van der Waals surface area contributed by atoms with Gasteiger partial charge >= 0.3 is 8.25 Å². The van der Waals surface area contributed by atoms with Crippen LogP contribution < -0.4 is 16.9 Å². The van der Waals surface area contributed by atoms with Crippen LogP contribution in [0.25, 0.3) is 22.2 Å². The number of hydrogen-bond donors (Lipinski definition) is 4. The molecule has 0 saturated carbocycles. The second-order valence-corrected chi connectivity index (χ2v) is 12.3. The molecular formula is C21H25N8O7P2+. The van der Waals surface area contributed by atoms with E-state index in [1.807, 2.05) is 11.5 Å². The molecule has 0 radical (unpaired) electrons. The number of nitrogens with zero attached hydrogens (tertiary/aromatic N) is 5. The van der Waals surface area contributed by atoms with Crippen LogP contribution in [0.5, 0.6) is 0 Å². The minimum absolute atomic E-state index is 0.0136. The molecule has 0 aromatic carbocycles. The number of aliphatic hydroxyl groups excluding tert-OH is 1. The number of nitrogens with two attached hydrogens (primary N) is 1. The van der Waals surface area contributed by atoms with E-state index >= 15 is 0 Å². The molecule has 2 fully saturated rings. The summed E-state index contributed by atoms with van der Waals surface area (Å²) in [7, 11) is -2.19. The first kappa shape index (κ1) is 25.2. The summed E-state index contributed by atoms with van der Waals surface area (Å²) in [4.78, 5) is 41.6. The first-order valence-electron chi connectivity index (χ1n) is 11.9. The monoisotopic (exact) mass is 563 g/mol. The molecule has 4 aromatic rings. The van der Waals surface area contributed by atoms with E-state index in [4.69, 9.17) is 19.5 Å². The summed E-state index contributed by atoms with van der Waals surface area (Å²) in [6.45, 7) is 2.06. The molecule has 8 atom stereocenters. The molecule has 200 valence electrons. The van der Waals surface area contributed by atoms with E-state index in [2.05, 4.69) is 24.9 Å². The number of nitrogens with one attached hydrogen (secondary N) is 2. The van der Waals surface area contributed by atoms with Gasteiger partial charge in [-0.15, -0.1) is 17.6 Å². The maximum Gasteiger partial charge on any atom is 0.697 e. The Morgan fingerprint density at radius 1 is 1.26 bits per heavy atom. The topological polar surface area (TPSA) is 205 Å². The molecule has 2 aliphatic heterocycles. The average Bonchev–Trinajstić information content (AvgIpc) is 3.59. The van der Waals surface area contributed by atoms with Crippen LogP contribution in [0, 0.1) is 0 Å². The second-order valence-electron chi connectivity index (χ2n) is 9.32. The van der Waals surface area contributed by atoms with Crippen molar-refractivity contribution in [1.82, 2.24) is 34.1 Å². The summed E-state index contributed by atoms with van der Waals surface area (Å²) in [5, 5.41) is 11.6. The Morgan fingerprint density at radius 3 is 2.95 bits per heavy atom. The Morgan fingerprint density at radius 2 is 2.11 bits per heavy atom. The first-order chi connectivity index (χ1) is 18.3. The van der Waals surface area contributed by atoms with Crippen LogP contribution in [0.2, 0.25) is 0 Å². The van der Waals surface area contributed by atoms with Crippen molar-refractivity contribution in [2.45, 2.75) is 55.7 Å². The van der Waals surface area contributed by atoms with E-state index in [-0.39, 0.29) is 52.9 Å². The highest BCUT2D eigenvalue weighted by Gasteiger charge is 2.43. The van der Waals surface area contributed by atoms with Gasteiger partial charge in [0.1, 0.15) is 18.5 Å². The number of fused-ring (bicyclic) bond motifs is 3. The predicted molar refractivity (Wildman–Crippen MR) is 137 cm³/mol. The van der Waals surface area contributed by atoms with Gasteiger partial charge in [-0.2, -0.15) is 4.98 Å². The van der Waals surface area contributed by atoms with Crippen molar-refractivity contribution in [3.05, 3.63) is 45.6 Å². The molecule has 4 aromatic heterocycles. The number of anilines is 1. The standard InChI is InChI=1S/C21H24N8O7P2/c1-9-4-11(20(32)29-8-25-15-17(29)26-21(22)27-19(15)31)36-38(33)34-6-12-13(37-9)5-14(35-12)28-3-2-10-16(28)23-7-24-18(10)30/h2-3,7-9,11-14,20,32,37H,4-6H2,1H3,(H3-,22,23,24,26,27,30,31)/p+1/t9?,11-,12-,13?,14-,20-/m1/s1. The highest BCUT2D eigenvalue weighted by atomic mass is 31.1. The largest absolute Gasteiger partial charge is 0.697 e. The lowest BCUT2D eigenvalue weighted by atomic mass is 10.2. The zero-order valence-electron chi connectivity index (χ0n) is 20.1. The van der Waals surface area contributed by atoms with E-state index in [0.717, 1.165) is 0 Å². The van der Waals surface area contributed by atoms with Crippen molar-refractivity contribution in [3.8, 4) is 0 Å². The van der Waals surface area contributed by atoms with Crippen LogP contribution in [0.1, 0.15) is 32.2 Å². The Bertz CT molecular complexity index is 1630. The van der Waals surface area contributed by atoms with Crippen molar-refractivity contribution >= 4 is 45.0 Å². The molecule has 0 amide bonds. The van der Waals surface area contributed by atoms with E-state index < -0.39 is 26.1 Å². The van der Waals surface area contributed by atoms with Crippen molar-refractivity contribution in [2.24, 2.45) is 0 Å². The minimum atomic E-state index is -2.60. The number of imidazole rings is 1. The number of hydrogen-bond acceptors (Lipinski definition) is 11. The van der Waals surface area contributed by atoms with E-state index in [1.165, 1.54) is 17.2 Å². The van der Waals surface area contributed by atoms with Gasteiger partial charge in [-0.1, -0.05) is 6.92 Å². The van der Waals surface area contributed by atoms with Gasteiger partial charge in [0, 0.05) is 22.8 Å². The van der Waals surface area contributed by atoms with Crippen LogP contribution in [-0.2, 0) is 18.3 Å². The fraction of sp³-hybridized carbons (Fsp3) is 0.476. The molecule has 38 heavy (non-hydrogen) atoms. The third kappa shape index (κ3) is 4.55. The minimum Gasteiger partial charge on any atom is -0.370 e. The Labute approximate surface area is 216 Å². The van der Waals surface area contributed by atoms with E-state index in [1.54, 1.807) is 12.3 Å². The van der Waals surface area contributed by atoms with E-state index in [9.17, 15) is 19.3 Å². The molecule has 6 heterocycles. The Kier molecular flexibility index (Phi) is 6.58. The summed E-state index contributed by atoms with van der Waals surface area (Å²) in [6.07, 6.45) is 2.43. The molecule has 0 spiro atoms. The third-order valence-electron chi connectivity index (χ3n) is 6.78. The van der Waals surface area contributed by atoms with Crippen LogP contribution in [0.4, 0.5) is 5.95 Å². The molecule has 2 aliphatic rings. The van der Waals surface area contributed by atoms with Crippen molar-refractivity contribution in [1.29, 1.82) is 0 Å². The molecule has 15 nitrogen and oxygen atoms in total. The lowest BCUT2D eigenvalue weighted by Crippen LogP contribution is -2.31. The van der Waals surface area contributed by atoms with Crippen molar-refractivity contribution in [2.75, 3.05) is 12.3 Å². The van der Waals surface area contributed by atoms with Gasteiger partial charge in [-0.3, -0.25) is 19.1 Å². The van der Waals surface area contributed by atoms with Gasteiger partial charge in [0.2, 0.25) is 5.95 Å². The quantitative estimate of drug-likeness (QED) is 0.260. The van der Waals surface area contributed by atoms with Crippen molar-refractivity contribution in [3.63, 3.8) is 0 Å². The number of rotatable bonds is 3. The Balaban J connectivity index is 1.23. The summed E-state index contributed by atoms with van der Waals surface area (Å²) < 4.78 is 33.3. The summed E-state index contributed by atoms with van der Waals surface area (Å²) in [6, 6.07) is 1.70. The van der Waals surface area contributed by atoms with Gasteiger partial charge in [0.15, 0.2) is 23.5 Å². The SMILES string of the molecule is CC1C[C@H]([C@@H](O)n2cnc3c(=O)[nH]c(N)nc32)O[P+](=O)OC[C@H]2O[C@@H](n3ccc4c(=O)[nH]cnc43)CC2P1. The molecule has 0 bridgehead atoms. The smallest absolute Gasteiger partial charge is 0.370 e. The molecule has 17 heteroatoms. The number of ether oxygens (including phenoxy) is 1. The highest BCUT2D eigenvalue weighted by molar-refractivity contribution is 7.39. The van der Waals surface area contributed by atoms with Gasteiger partial charge in [0.25, 0.3) is 11.1 Å². The van der Waals surface area contributed by atoms with Crippen molar-refractivity contribution < 1.29 is 23.5 Å². The summed E-state index contributed by atoms with van der Waals surface area (Å²) >= 11 is 0. The number of H-pyrrole nitrogens is 2. The molecule has 6 rings (SSSR count). The summed E-state index contributed by atoms with van der Waals surface area (Å²) in [5.74, 6) is -0.121. The first-order valence-corrected chi connectivity index (χ1v) is 14.2. The molecule has 5 N–H and O–H groups in total. The number of aliphatic hydroxyl groups is 1. The van der Waals surface area contributed by atoms with Crippen LogP contribution in [0.3, 0.4) is 0 Å². The number of aromatic nitrogens is 7. The third-order valence-corrected chi connectivity index (χ3v) is 9.42. The van der Waals surface area contributed by atoms with Crippen LogP contribution in [-0.4, -0.2) is 69.3 Å². The Hall–Kier alpha value is -3.06. The maximum atomic E-state index is 12.7. The molecule has 2 saturated heterocycles. The van der Waals surface area contributed by atoms with Crippen LogP contribution in [0.15, 0.2) is 34.5 Å². The predicted octanol–water partition coefficient (Wildman–Crippen LogP) is 1.12. The van der Waals surface area contributed by atoms with Gasteiger partial charge in [-0.25, -0.2) is 9.97 Å². The highest BCUT2D eigenvalue weighted by Crippen LogP contribution is 2.46. The van der Waals surface area contributed by atoms with Gasteiger partial charge in [-0.05, 0) is 18.1 Å². The lowest BCUT2D eigenvalue weighted by Gasteiger charge is -2.26. The van der Waals surface area contributed by atoms with E-state index in [0.29, 0.717) is 32.5 Å². The second kappa shape index (κ2) is 9.92. The molecular weight excluding hydrogens is 538 g/mol.